The number of nitrogens with zero attached hydrogens (tertiary/aromatic N) is 2. The molecule has 0 radical (unpaired) electrons. The molecule has 1 heterocycles. The molecule has 0 spiro atoms. The van der Waals surface area contributed by atoms with Gasteiger partial charge in [0.1, 0.15) is 0 Å². The third kappa shape index (κ3) is 2.55. The van der Waals surface area contributed by atoms with Crippen LogP contribution in [0.15, 0.2) is 35.9 Å². The molecule has 1 rings (SSSR count). The summed E-state index contributed by atoms with van der Waals surface area (Å²) < 4.78 is 40.3. The molecule has 0 aliphatic heterocycles. The minimum absolute atomic E-state index is 0.169. The summed E-state index contributed by atoms with van der Waals surface area (Å²) in [5, 5.41) is 3.18. The predicted octanol–water partition coefficient (Wildman–Crippen LogP) is 2.84. The van der Waals surface area contributed by atoms with E-state index in [1.807, 2.05) is 0 Å². The van der Waals surface area contributed by atoms with E-state index >= 15 is 0 Å². The average molecular weight is 216 g/mol. The Morgan fingerprint density at radius 3 is 2.40 bits per heavy atom. The maximum absolute atomic E-state index is 12.1. The summed E-state index contributed by atoms with van der Waals surface area (Å²) in [6.07, 6.45) is -0.503. The largest absolute Gasteiger partial charge is 0.471 e. The molecule has 0 amide bonds. The SMILES string of the molecule is C=C/C=C(\C=C)c1noc(C(F)(F)F)n1. The lowest BCUT2D eigenvalue weighted by atomic mass is 10.2. The fourth-order valence-corrected chi connectivity index (χ4v) is 0.817. The summed E-state index contributed by atoms with van der Waals surface area (Å²) in [4.78, 5) is 3.18. The Morgan fingerprint density at radius 1 is 1.33 bits per heavy atom. The van der Waals surface area contributed by atoms with E-state index in [9.17, 15) is 13.2 Å². The zero-order valence-electron chi connectivity index (χ0n) is 7.58. The van der Waals surface area contributed by atoms with Crippen LogP contribution in [0.4, 0.5) is 13.2 Å². The molecule has 0 unspecified atom stereocenters. The molecule has 0 saturated carbocycles. The van der Waals surface area contributed by atoms with Gasteiger partial charge in [-0.1, -0.05) is 36.5 Å². The van der Waals surface area contributed by atoms with E-state index in [0.717, 1.165) is 0 Å². The van der Waals surface area contributed by atoms with Gasteiger partial charge in [-0.25, -0.2) is 0 Å². The molecule has 1 aromatic rings. The minimum atomic E-state index is -4.63. The molecule has 0 aliphatic rings. The second-order valence-corrected chi connectivity index (χ2v) is 2.48. The number of hydrogen-bond donors (Lipinski definition) is 0. The molecule has 0 N–H and O–H groups in total. The fraction of sp³-hybridized carbons (Fsp3) is 0.111. The Labute approximate surface area is 83.6 Å². The lowest BCUT2D eigenvalue weighted by Crippen LogP contribution is -2.05. The molecule has 0 aliphatic carbocycles. The first-order valence-corrected chi connectivity index (χ1v) is 3.85. The number of allylic oxidation sites excluding steroid dienone is 4. The maximum Gasteiger partial charge on any atom is 0.471 e. The highest BCUT2D eigenvalue weighted by atomic mass is 19.4. The van der Waals surface area contributed by atoms with E-state index in [2.05, 4.69) is 27.8 Å². The Morgan fingerprint density at radius 2 is 2.00 bits per heavy atom. The number of rotatable bonds is 3. The highest BCUT2D eigenvalue weighted by Crippen LogP contribution is 2.28. The van der Waals surface area contributed by atoms with Crippen LogP contribution >= 0.6 is 0 Å². The van der Waals surface area contributed by atoms with Crippen molar-refractivity contribution in [3.63, 3.8) is 0 Å². The summed E-state index contributed by atoms with van der Waals surface area (Å²) in [7, 11) is 0. The number of hydrogen-bond acceptors (Lipinski definition) is 3. The Balaban J connectivity index is 3.08. The standard InChI is InChI=1S/C9H7F3N2O/c1-3-5-6(4-2)7-13-8(15-14-7)9(10,11)12/h3-5H,1-2H2/b6-5+. The number of alkyl halides is 3. The van der Waals surface area contributed by atoms with Crippen LogP contribution in [-0.2, 0) is 6.18 Å². The second-order valence-electron chi connectivity index (χ2n) is 2.48. The van der Waals surface area contributed by atoms with E-state index in [0.29, 0.717) is 5.57 Å². The highest BCUT2D eigenvalue weighted by molar-refractivity contribution is 5.69. The molecule has 1 aromatic heterocycles. The van der Waals surface area contributed by atoms with Crippen LogP contribution in [0.5, 0.6) is 0 Å². The van der Waals surface area contributed by atoms with Gasteiger partial charge in [0.15, 0.2) is 0 Å². The molecule has 0 aromatic carbocycles. The van der Waals surface area contributed by atoms with E-state index in [4.69, 9.17) is 0 Å². The van der Waals surface area contributed by atoms with Crippen molar-refractivity contribution in [1.29, 1.82) is 0 Å². The van der Waals surface area contributed by atoms with E-state index in [1.54, 1.807) is 0 Å². The third-order valence-electron chi connectivity index (χ3n) is 1.44. The van der Waals surface area contributed by atoms with Gasteiger partial charge in [0.05, 0.1) is 0 Å². The van der Waals surface area contributed by atoms with Gasteiger partial charge in [-0.3, -0.25) is 0 Å². The van der Waals surface area contributed by atoms with E-state index < -0.39 is 12.1 Å². The molecule has 0 saturated heterocycles. The monoisotopic (exact) mass is 216 g/mol. The van der Waals surface area contributed by atoms with Crippen molar-refractivity contribution in [2.45, 2.75) is 6.18 Å². The zero-order valence-corrected chi connectivity index (χ0v) is 7.58. The van der Waals surface area contributed by atoms with Crippen molar-refractivity contribution in [2.75, 3.05) is 0 Å². The first kappa shape index (κ1) is 11.2. The zero-order chi connectivity index (χ0) is 11.5. The van der Waals surface area contributed by atoms with Crippen molar-refractivity contribution >= 4 is 5.57 Å². The van der Waals surface area contributed by atoms with Crippen molar-refractivity contribution in [3.05, 3.63) is 43.1 Å². The predicted molar refractivity (Wildman–Crippen MR) is 47.7 cm³/mol. The Kier molecular flexibility index (Phi) is 3.08. The van der Waals surface area contributed by atoms with Crippen LogP contribution in [0.2, 0.25) is 0 Å². The molecule has 0 bridgehead atoms. The summed E-state index contributed by atoms with van der Waals surface area (Å²) in [5.41, 5.74) is 0.309. The fourth-order valence-electron chi connectivity index (χ4n) is 0.817. The lowest BCUT2D eigenvalue weighted by Gasteiger charge is -1.96. The van der Waals surface area contributed by atoms with Crippen LogP contribution in [0.1, 0.15) is 11.7 Å². The van der Waals surface area contributed by atoms with Crippen LogP contribution in [0.25, 0.3) is 5.57 Å². The smallest absolute Gasteiger partial charge is 0.329 e. The number of halogens is 3. The van der Waals surface area contributed by atoms with Gasteiger partial charge in [-0.2, -0.15) is 18.2 Å². The van der Waals surface area contributed by atoms with Crippen molar-refractivity contribution < 1.29 is 17.7 Å². The molecule has 6 heteroatoms. The minimum Gasteiger partial charge on any atom is -0.329 e. The first-order valence-electron chi connectivity index (χ1n) is 3.85. The maximum atomic E-state index is 12.1. The highest BCUT2D eigenvalue weighted by Gasteiger charge is 2.38. The molecular weight excluding hydrogens is 209 g/mol. The Hall–Kier alpha value is -1.85. The topological polar surface area (TPSA) is 38.9 Å². The lowest BCUT2D eigenvalue weighted by molar-refractivity contribution is -0.159. The van der Waals surface area contributed by atoms with Gasteiger partial charge in [-0.05, 0) is 0 Å². The van der Waals surface area contributed by atoms with Crippen LogP contribution < -0.4 is 0 Å². The molecular formula is C9H7F3N2O. The van der Waals surface area contributed by atoms with Gasteiger partial charge < -0.3 is 4.52 Å². The van der Waals surface area contributed by atoms with Crippen LogP contribution in [0, 0.1) is 0 Å². The second kappa shape index (κ2) is 4.12. The first-order chi connectivity index (χ1) is 6.99. The van der Waals surface area contributed by atoms with Crippen molar-refractivity contribution in [1.82, 2.24) is 10.1 Å². The molecule has 15 heavy (non-hydrogen) atoms. The van der Waals surface area contributed by atoms with Crippen molar-refractivity contribution in [2.24, 2.45) is 0 Å². The van der Waals surface area contributed by atoms with Gasteiger partial charge in [-0.15, -0.1) is 0 Å². The number of aromatic nitrogens is 2. The molecule has 3 nitrogen and oxygen atoms in total. The summed E-state index contributed by atoms with van der Waals surface area (Å²) in [6.45, 7) is 6.81. The van der Waals surface area contributed by atoms with Crippen LogP contribution in [0.3, 0.4) is 0 Å². The summed E-state index contributed by atoms with van der Waals surface area (Å²) in [6, 6.07) is 0. The van der Waals surface area contributed by atoms with Gasteiger partial charge in [0.2, 0.25) is 5.82 Å². The molecule has 0 fully saturated rings. The molecule has 0 atom stereocenters. The summed E-state index contributed by atoms with van der Waals surface area (Å²) in [5.74, 6) is -1.55. The van der Waals surface area contributed by atoms with E-state index in [-0.39, 0.29) is 5.82 Å². The van der Waals surface area contributed by atoms with E-state index in [1.165, 1.54) is 18.2 Å². The average Bonchev–Trinajstić information content (AvgIpc) is 2.62. The summed E-state index contributed by atoms with van der Waals surface area (Å²) >= 11 is 0. The quantitative estimate of drug-likeness (QED) is 0.729. The Bertz CT molecular complexity index is 404. The van der Waals surface area contributed by atoms with Gasteiger partial charge in [0.25, 0.3) is 0 Å². The molecule has 80 valence electrons. The van der Waals surface area contributed by atoms with Gasteiger partial charge in [0, 0.05) is 5.57 Å². The van der Waals surface area contributed by atoms with Crippen LogP contribution in [-0.4, -0.2) is 10.1 Å². The van der Waals surface area contributed by atoms with Crippen molar-refractivity contribution in [3.8, 4) is 0 Å². The van der Waals surface area contributed by atoms with Gasteiger partial charge >= 0.3 is 12.1 Å². The normalized spacial score (nSPS) is 12.6. The third-order valence-corrected chi connectivity index (χ3v) is 1.44.